The van der Waals surface area contributed by atoms with Crippen LogP contribution in [0.1, 0.15) is 13.8 Å². The molecule has 0 heterocycles. The lowest BCUT2D eigenvalue weighted by molar-refractivity contribution is -0.387. The van der Waals surface area contributed by atoms with Gasteiger partial charge < -0.3 is 0 Å². The van der Waals surface area contributed by atoms with Gasteiger partial charge in [0.05, 0.1) is 4.92 Å². The molecule has 0 amide bonds. The molecular weight excluding hydrogens is 312 g/mol. The van der Waals surface area contributed by atoms with Crippen molar-refractivity contribution in [1.29, 1.82) is 0 Å². The summed E-state index contributed by atoms with van der Waals surface area (Å²) in [6.45, 7) is 3.28. The monoisotopic (exact) mass is 322 g/mol. The zero-order valence-electron chi connectivity index (χ0n) is 9.18. The zero-order chi connectivity index (χ0) is 13.2. The van der Waals surface area contributed by atoms with Crippen LogP contribution in [0.15, 0.2) is 27.6 Å². The van der Waals surface area contributed by atoms with Crippen molar-refractivity contribution in [2.75, 3.05) is 0 Å². The van der Waals surface area contributed by atoms with Crippen LogP contribution in [0.3, 0.4) is 0 Å². The Kier molecular flexibility index (Phi) is 4.23. The van der Waals surface area contributed by atoms with Crippen LogP contribution in [0.5, 0.6) is 0 Å². The Balaban J connectivity index is 3.38. The Bertz CT molecular complexity index is 542. The molecule has 0 aliphatic heterocycles. The van der Waals surface area contributed by atoms with Crippen LogP contribution in [0.25, 0.3) is 0 Å². The average Bonchev–Trinajstić information content (AvgIpc) is 2.14. The van der Waals surface area contributed by atoms with E-state index in [1.165, 1.54) is 12.1 Å². The van der Waals surface area contributed by atoms with Gasteiger partial charge in [-0.25, -0.2) is 13.1 Å². The summed E-state index contributed by atoms with van der Waals surface area (Å²) < 4.78 is 26.5. The van der Waals surface area contributed by atoms with Gasteiger partial charge in [0, 0.05) is 16.6 Å². The van der Waals surface area contributed by atoms with E-state index in [1.54, 1.807) is 13.8 Å². The van der Waals surface area contributed by atoms with Crippen LogP contribution in [0.4, 0.5) is 5.69 Å². The molecule has 0 aliphatic carbocycles. The van der Waals surface area contributed by atoms with Gasteiger partial charge >= 0.3 is 0 Å². The maximum absolute atomic E-state index is 11.9. The van der Waals surface area contributed by atoms with E-state index >= 15 is 0 Å². The molecule has 0 saturated carbocycles. The highest BCUT2D eigenvalue weighted by molar-refractivity contribution is 9.10. The van der Waals surface area contributed by atoms with Crippen molar-refractivity contribution in [2.24, 2.45) is 0 Å². The Morgan fingerprint density at radius 1 is 1.41 bits per heavy atom. The summed E-state index contributed by atoms with van der Waals surface area (Å²) >= 11 is 3.09. The van der Waals surface area contributed by atoms with Gasteiger partial charge in [-0.15, -0.1) is 0 Å². The fourth-order valence-electron chi connectivity index (χ4n) is 1.23. The number of nitro benzene ring substituents is 1. The summed E-state index contributed by atoms with van der Waals surface area (Å²) in [6, 6.07) is 3.45. The van der Waals surface area contributed by atoms with Crippen LogP contribution < -0.4 is 4.72 Å². The quantitative estimate of drug-likeness (QED) is 0.678. The fraction of sp³-hybridized carbons (Fsp3) is 0.333. The van der Waals surface area contributed by atoms with E-state index in [0.717, 1.165) is 6.07 Å². The number of hydrogen-bond donors (Lipinski definition) is 1. The molecule has 17 heavy (non-hydrogen) atoms. The SMILES string of the molecule is CC(C)NS(=O)(=O)c1cc(Br)ccc1[N+](=O)[O-]. The highest BCUT2D eigenvalue weighted by Crippen LogP contribution is 2.27. The fourth-order valence-corrected chi connectivity index (χ4v) is 3.19. The minimum absolute atomic E-state index is 0.335. The lowest BCUT2D eigenvalue weighted by atomic mass is 10.3. The van der Waals surface area contributed by atoms with E-state index < -0.39 is 20.6 Å². The van der Waals surface area contributed by atoms with E-state index in [4.69, 9.17) is 0 Å². The van der Waals surface area contributed by atoms with Crippen molar-refractivity contribution in [2.45, 2.75) is 24.8 Å². The predicted octanol–water partition coefficient (Wildman–Crippen LogP) is 2.04. The molecule has 8 heteroatoms. The van der Waals surface area contributed by atoms with Crippen molar-refractivity contribution in [3.05, 3.63) is 32.8 Å². The first kappa shape index (κ1) is 14.1. The van der Waals surface area contributed by atoms with Crippen LogP contribution in [0.2, 0.25) is 0 Å². The van der Waals surface area contributed by atoms with Crippen LogP contribution in [-0.2, 0) is 10.0 Å². The summed E-state index contributed by atoms with van der Waals surface area (Å²) in [5.41, 5.74) is -0.443. The number of nitrogens with one attached hydrogen (secondary N) is 1. The molecule has 0 unspecified atom stereocenters. The van der Waals surface area contributed by atoms with E-state index in [1.807, 2.05) is 0 Å². The number of halogens is 1. The van der Waals surface area contributed by atoms with Crippen molar-refractivity contribution in [3.8, 4) is 0 Å². The molecule has 0 saturated heterocycles. The standard InChI is InChI=1S/C9H11BrN2O4S/c1-6(2)11-17(15,16)9-5-7(10)3-4-8(9)12(13)14/h3-6,11H,1-2H3. The first-order chi connectivity index (χ1) is 7.74. The van der Waals surface area contributed by atoms with Crippen LogP contribution in [0, 0.1) is 10.1 Å². The van der Waals surface area contributed by atoms with Crippen molar-refractivity contribution in [3.63, 3.8) is 0 Å². The minimum atomic E-state index is -3.88. The molecule has 1 rings (SSSR count). The van der Waals surface area contributed by atoms with Gasteiger partial charge in [-0.1, -0.05) is 15.9 Å². The Morgan fingerprint density at radius 3 is 2.47 bits per heavy atom. The smallest absolute Gasteiger partial charge is 0.258 e. The van der Waals surface area contributed by atoms with E-state index in [2.05, 4.69) is 20.7 Å². The minimum Gasteiger partial charge on any atom is -0.258 e. The molecule has 0 radical (unpaired) electrons. The molecule has 1 aromatic rings. The summed E-state index contributed by atoms with van der Waals surface area (Å²) in [6.07, 6.45) is 0. The highest BCUT2D eigenvalue weighted by Gasteiger charge is 2.26. The van der Waals surface area contributed by atoms with Gasteiger partial charge in [-0.3, -0.25) is 10.1 Å². The second-order valence-electron chi connectivity index (χ2n) is 3.65. The summed E-state index contributed by atoms with van der Waals surface area (Å²) in [5.74, 6) is 0. The zero-order valence-corrected chi connectivity index (χ0v) is 11.6. The normalized spacial score (nSPS) is 11.8. The molecule has 0 bridgehead atoms. The summed E-state index contributed by atoms with van der Waals surface area (Å²) in [7, 11) is -3.88. The maximum Gasteiger partial charge on any atom is 0.289 e. The molecule has 0 aromatic heterocycles. The van der Waals surface area contributed by atoms with Crippen molar-refractivity contribution >= 4 is 31.6 Å². The number of nitrogens with zero attached hydrogens (tertiary/aromatic N) is 1. The van der Waals surface area contributed by atoms with E-state index in [9.17, 15) is 18.5 Å². The van der Waals surface area contributed by atoms with Crippen molar-refractivity contribution in [1.82, 2.24) is 4.72 Å². The largest absolute Gasteiger partial charge is 0.289 e. The average molecular weight is 323 g/mol. The van der Waals surface area contributed by atoms with Crippen LogP contribution >= 0.6 is 15.9 Å². The number of nitro groups is 1. The first-order valence-electron chi connectivity index (χ1n) is 4.70. The molecule has 0 aliphatic rings. The number of benzene rings is 1. The van der Waals surface area contributed by atoms with Gasteiger partial charge in [0.25, 0.3) is 5.69 Å². The van der Waals surface area contributed by atoms with E-state index in [-0.39, 0.29) is 10.9 Å². The van der Waals surface area contributed by atoms with Gasteiger partial charge in [0.15, 0.2) is 4.90 Å². The number of rotatable bonds is 4. The summed E-state index contributed by atoms with van der Waals surface area (Å²) in [5, 5.41) is 10.8. The first-order valence-corrected chi connectivity index (χ1v) is 6.98. The number of hydrogen-bond acceptors (Lipinski definition) is 4. The second-order valence-corrected chi connectivity index (χ2v) is 6.24. The molecule has 1 N–H and O–H groups in total. The molecule has 0 spiro atoms. The Morgan fingerprint density at radius 2 is 2.00 bits per heavy atom. The molecular formula is C9H11BrN2O4S. The molecule has 0 atom stereocenters. The third kappa shape index (κ3) is 3.48. The molecule has 1 aromatic carbocycles. The molecule has 6 nitrogen and oxygen atoms in total. The molecule has 0 fully saturated rings. The highest BCUT2D eigenvalue weighted by atomic mass is 79.9. The second kappa shape index (κ2) is 5.11. The molecule has 94 valence electrons. The maximum atomic E-state index is 11.9. The van der Waals surface area contributed by atoms with Gasteiger partial charge in [-0.2, -0.15) is 0 Å². The summed E-state index contributed by atoms with van der Waals surface area (Å²) in [4.78, 5) is 9.70. The van der Waals surface area contributed by atoms with Gasteiger partial charge in [0.1, 0.15) is 0 Å². The topological polar surface area (TPSA) is 89.3 Å². The Hall–Kier alpha value is -0.990. The lowest BCUT2D eigenvalue weighted by Crippen LogP contribution is -2.30. The van der Waals surface area contributed by atoms with E-state index in [0.29, 0.717) is 4.47 Å². The lowest BCUT2D eigenvalue weighted by Gasteiger charge is -2.09. The third-order valence-corrected chi connectivity index (χ3v) is 3.98. The Labute approximate surface area is 107 Å². The van der Waals surface area contributed by atoms with Crippen molar-refractivity contribution < 1.29 is 13.3 Å². The third-order valence-electron chi connectivity index (χ3n) is 1.80. The van der Waals surface area contributed by atoms with Gasteiger partial charge in [-0.05, 0) is 26.0 Å². The van der Waals surface area contributed by atoms with Gasteiger partial charge in [0.2, 0.25) is 10.0 Å². The van der Waals surface area contributed by atoms with Crippen LogP contribution in [-0.4, -0.2) is 19.4 Å². The number of sulfonamides is 1. The predicted molar refractivity (Wildman–Crippen MR) is 66.3 cm³/mol.